The highest BCUT2D eigenvalue weighted by molar-refractivity contribution is 6.30. The van der Waals surface area contributed by atoms with Crippen molar-refractivity contribution in [1.82, 2.24) is 9.97 Å². The van der Waals surface area contributed by atoms with Crippen LogP contribution in [0.25, 0.3) is 11.2 Å². The van der Waals surface area contributed by atoms with Crippen LogP contribution in [0.3, 0.4) is 0 Å². The van der Waals surface area contributed by atoms with Crippen molar-refractivity contribution in [1.29, 1.82) is 0 Å². The van der Waals surface area contributed by atoms with Gasteiger partial charge in [0.2, 0.25) is 0 Å². The van der Waals surface area contributed by atoms with Crippen LogP contribution in [0.15, 0.2) is 16.7 Å². The molecule has 0 bridgehead atoms. The summed E-state index contributed by atoms with van der Waals surface area (Å²) in [6, 6.07) is 1.70. The lowest BCUT2D eigenvalue weighted by Gasteiger charge is -1.85. The van der Waals surface area contributed by atoms with E-state index in [4.69, 9.17) is 16.0 Å². The Morgan fingerprint density at radius 2 is 2.36 bits per heavy atom. The second kappa shape index (κ2) is 2.20. The SMILES string of the molecule is Cc1nc2ncc(Cl)cc2o1. The summed E-state index contributed by atoms with van der Waals surface area (Å²) >= 11 is 5.68. The van der Waals surface area contributed by atoms with Crippen LogP contribution in [-0.4, -0.2) is 9.97 Å². The summed E-state index contributed by atoms with van der Waals surface area (Å²) in [5, 5.41) is 0.564. The average Bonchev–Trinajstić information content (AvgIpc) is 2.27. The van der Waals surface area contributed by atoms with Crippen molar-refractivity contribution >= 4 is 22.8 Å². The van der Waals surface area contributed by atoms with Crippen LogP contribution in [0.5, 0.6) is 0 Å². The monoisotopic (exact) mass is 168 g/mol. The maximum Gasteiger partial charge on any atom is 0.198 e. The van der Waals surface area contributed by atoms with Gasteiger partial charge in [-0.15, -0.1) is 0 Å². The van der Waals surface area contributed by atoms with Crippen LogP contribution in [0.1, 0.15) is 5.89 Å². The van der Waals surface area contributed by atoms with Crippen molar-refractivity contribution in [3.8, 4) is 0 Å². The minimum atomic E-state index is 0.564. The van der Waals surface area contributed by atoms with E-state index in [0.29, 0.717) is 22.1 Å². The molecule has 2 aromatic rings. The number of aryl methyl sites for hydroxylation is 1. The van der Waals surface area contributed by atoms with Gasteiger partial charge in [0.05, 0.1) is 5.02 Å². The van der Waals surface area contributed by atoms with Crippen LogP contribution in [-0.2, 0) is 0 Å². The van der Waals surface area contributed by atoms with Gasteiger partial charge in [0.25, 0.3) is 0 Å². The normalized spacial score (nSPS) is 10.7. The highest BCUT2D eigenvalue weighted by Crippen LogP contribution is 2.16. The number of hydrogen-bond acceptors (Lipinski definition) is 3. The molecular weight excluding hydrogens is 164 g/mol. The number of hydrogen-bond donors (Lipinski definition) is 0. The fourth-order valence-corrected chi connectivity index (χ4v) is 1.05. The number of oxazole rings is 1. The van der Waals surface area contributed by atoms with Crippen molar-refractivity contribution in [2.45, 2.75) is 6.92 Å². The predicted molar refractivity (Wildman–Crippen MR) is 41.6 cm³/mol. The predicted octanol–water partition coefficient (Wildman–Crippen LogP) is 2.18. The first-order chi connectivity index (χ1) is 5.25. The number of fused-ring (bicyclic) bond motifs is 1. The van der Waals surface area contributed by atoms with E-state index in [2.05, 4.69) is 9.97 Å². The number of halogens is 1. The van der Waals surface area contributed by atoms with E-state index in [1.807, 2.05) is 0 Å². The molecule has 2 heterocycles. The third-order valence-electron chi connectivity index (χ3n) is 1.32. The van der Waals surface area contributed by atoms with Crippen LogP contribution < -0.4 is 0 Å². The zero-order chi connectivity index (χ0) is 7.84. The summed E-state index contributed by atoms with van der Waals surface area (Å²) in [6.07, 6.45) is 1.55. The number of aromatic nitrogens is 2. The van der Waals surface area contributed by atoms with E-state index in [-0.39, 0.29) is 0 Å². The molecule has 4 heteroatoms. The molecule has 0 radical (unpaired) electrons. The van der Waals surface area contributed by atoms with Gasteiger partial charge in [-0.1, -0.05) is 11.6 Å². The van der Waals surface area contributed by atoms with Crippen molar-refractivity contribution < 1.29 is 4.42 Å². The van der Waals surface area contributed by atoms with E-state index in [9.17, 15) is 0 Å². The number of nitrogens with zero attached hydrogens (tertiary/aromatic N) is 2. The Morgan fingerprint density at radius 3 is 3.18 bits per heavy atom. The van der Waals surface area contributed by atoms with Crippen LogP contribution >= 0.6 is 11.6 Å². The molecule has 2 rings (SSSR count). The molecule has 0 unspecified atom stereocenters. The van der Waals surface area contributed by atoms with Gasteiger partial charge >= 0.3 is 0 Å². The largest absolute Gasteiger partial charge is 0.439 e. The maximum atomic E-state index is 5.68. The first-order valence-corrected chi connectivity index (χ1v) is 3.52. The first kappa shape index (κ1) is 6.61. The number of rotatable bonds is 0. The zero-order valence-electron chi connectivity index (χ0n) is 5.84. The molecule has 0 N–H and O–H groups in total. The quantitative estimate of drug-likeness (QED) is 0.605. The van der Waals surface area contributed by atoms with Gasteiger partial charge in [0, 0.05) is 19.2 Å². The second-order valence-corrected chi connectivity index (χ2v) is 2.64. The van der Waals surface area contributed by atoms with Crippen molar-refractivity contribution in [3.05, 3.63) is 23.2 Å². The van der Waals surface area contributed by atoms with E-state index in [1.54, 1.807) is 19.2 Å². The highest BCUT2D eigenvalue weighted by atomic mass is 35.5. The Kier molecular flexibility index (Phi) is 1.32. The Bertz CT molecular complexity index is 396. The average molecular weight is 169 g/mol. The highest BCUT2D eigenvalue weighted by Gasteiger charge is 2.02. The molecule has 56 valence electrons. The Morgan fingerprint density at radius 1 is 1.55 bits per heavy atom. The van der Waals surface area contributed by atoms with Gasteiger partial charge in [-0.25, -0.2) is 4.98 Å². The van der Waals surface area contributed by atoms with Gasteiger partial charge in [0.15, 0.2) is 17.1 Å². The zero-order valence-corrected chi connectivity index (χ0v) is 6.59. The van der Waals surface area contributed by atoms with Crippen LogP contribution in [0.2, 0.25) is 5.02 Å². The summed E-state index contributed by atoms with van der Waals surface area (Å²) < 4.78 is 5.19. The molecule has 0 aliphatic rings. The van der Waals surface area contributed by atoms with Crippen LogP contribution in [0, 0.1) is 6.92 Å². The summed E-state index contributed by atoms with van der Waals surface area (Å²) in [4.78, 5) is 7.98. The molecule has 0 amide bonds. The molecule has 0 aliphatic heterocycles. The van der Waals surface area contributed by atoms with Gasteiger partial charge in [-0.3, -0.25) is 0 Å². The van der Waals surface area contributed by atoms with E-state index in [1.165, 1.54) is 0 Å². The molecule has 0 atom stereocenters. The van der Waals surface area contributed by atoms with Gasteiger partial charge in [0.1, 0.15) is 0 Å². The number of pyridine rings is 1. The summed E-state index contributed by atoms with van der Waals surface area (Å²) in [6.45, 7) is 1.77. The van der Waals surface area contributed by atoms with E-state index in [0.717, 1.165) is 0 Å². The minimum absolute atomic E-state index is 0.564. The molecule has 11 heavy (non-hydrogen) atoms. The molecule has 0 aliphatic carbocycles. The van der Waals surface area contributed by atoms with E-state index < -0.39 is 0 Å². The molecule has 0 spiro atoms. The van der Waals surface area contributed by atoms with Crippen LogP contribution in [0.4, 0.5) is 0 Å². The molecule has 2 aromatic heterocycles. The summed E-state index contributed by atoms with van der Waals surface area (Å²) in [7, 11) is 0. The minimum Gasteiger partial charge on any atom is -0.439 e. The fourth-order valence-electron chi connectivity index (χ4n) is 0.904. The first-order valence-electron chi connectivity index (χ1n) is 3.14. The Labute approximate surface area is 68.0 Å². The Hall–Kier alpha value is -1.09. The molecule has 0 fully saturated rings. The Balaban J connectivity index is 2.82. The fraction of sp³-hybridized carbons (Fsp3) is 0.143. The second-order valence-electron chi connectivity index (χ2n) is 2.21. The molecule has 0 saturated heterocycles. The molecule has 3 nitrogen and oxygen atoms in total. The molecule has 0 aromatic carbocycles. The smallest absolute Gasteiger partial charge is 0.198 e. The maximum absolute atomic E-state index is 5.68. The lowest BCUT2D eigenvalue weighted by molar-refractivity contribution is 0.561. The third kappa shape index (κ3) is 1.07. The topological polar surface area (TPSA) is 38.9 Å². The standard InChI is InChI=1S/C7H5ClN2O/c1-4-10-7-6(11-4)2-5(8)3-9-7/h2-3H,1H3. The van der Waals surface area contributed by atoms with Gasteiger partial charge in [-0.05, 0) is 0 Å². The van der Waals surface area contributed by atoms with Crippen molar-refractivity contribution in [3.63, 3.8) is 0 Å². The van der Waals surface area contributed by atoms with Crippen molar-refractivity contribution in [2.75, 3.05) is 0 Å². The lowest BCUT2D eigenvalue weighted by Crippen LogP contribution is -1.74. The molecule has 0 saturated carbocycles. The van der Waals surface area contributed by atoms with Crippen molar-refractivity contribution in [2.24, 2.45) is 0 Å². The van der Waals surface area contributed by atoms with E-state index >= 15 is 0 Å². The molecular formula is C7H5ClN2O. The lowest BCUT2D eigenvalue weighted by atomic mass is 10.5. The third-order valence-corrected chi connectivity index (χ3v) is 1.53. The summed E-state index contributed by atoms with van der Waals surface area (Å²) in [5.74, 6) is 0.606. The van der Waals surface area contributed by atoms with Gasteiger partial charge in [-0.2, -0.15) is 4.98 Å². The summed E-state index contributed by atoms with van der Waals surface area (Å²) in [5.41, 5.74) is 1.24. The van der Waals surface area contributed by atoms with Gasteiger partial charge < -0.3 is 4.42 Å².